The Balaban J connectivity index is 3.58. The van der Waals surface area contributed by atoms with Gasteiger partial charge in [0.25, 0.3) is 0 Å². The van der Waals surface area contributed by atoms with Crippen LogP contribution in [0.25, 0.3) is 0 Å². The zero-order valence-corrected chi connectivity index (χ0v) is 27.8. The number of rotatable bonds is 32. The van der Waals surface area contributed by atoms with Crippen LogP contribution in [-0.4, -0.2) is 36.4 Å². The first-order chi connectivity index (χ1) is 20.6. The summed E-state index contributed by atoms with van der Waals surface area (Å²) in [5.41, 5.74) is 0. The smallest absolute Gasteiger partial charge is 0.306 e. The molecule has 0 aliphatic carbocycles. The van der Waals surface area contributed by atoms with Gasteiger partial charge in [0, 0.05) is 12.8 Å². The molecule has 0 fully saturated rings. The SMILES string of the molecule is CCCCCC=CCC=CCCCCCCCC(=O)OCC(CO)OC(=O)CCCCCCCCCCCCCCC. The van der Waals surface area contributed by atoms with Gasteiger partial charge in [-0.15, -0.1) is 0 Å². The Kier molecular flexibility index (Phi) is 32.6. The van der Waals surface area contributed by atoms with Gasteiger partial charge >= 0.3 is 11.9 Å². The first-order valence-electron chi connectivity index (χ1n) is 17.9. The van der Waals surface area contributed by atoms with Gasteiger partial charge in [0.15, 0.2) is 6.10 Å². The topological polar surface area (TPSA) is 72.8 Å². The Morgan fingerprint density at radius 3 is 1.45 bits per heavy atom. The van der Waals surface area contributed by atoms with E-state index in [2.05, 4.69) is 38.2 Å². The monoisotopic (exact) mass is 593 g/mol. The lowest BCUT2D eigenvalue weighted by Crippen LogP contribution is -2.28. The molecular weight excluding hydrogens is 524 g/mol. The average Bonchev–Trinajstić information content (AvgIpc) is 2.99. The van der Waals surface area contributed by atoms with Crippen LogP contribution in [0.2, 0.25) is 0 Å². The minimum Gasteiger partial charge on any atom is -0.462 e. The quantitative estimate of drug-likeness (QED) is 0.0478. The fourth-order valence-electron chi connectivity index (χ4n) is 4.99. The number of hydrogen-bond acceptors (Lipinski definition) is 5. The number of aliphatic hydroxyl groups is 1. The van der Waals surface area contributed by atoms with Crippen molar-refractivity contribution in [3.05, 3.63) is 24.3 Å². The van der Waals surface area contributed by atoms with E-state index in [4.69, 9.17) is 9.47 Å². The van der Waals surface area contributed by atoms with Gasteiger partial charge in [-0.05, 0) is 44.9 Å². The Morgan fingerprint density at radius 1 is 0.548 bits per heavy atom. The van der Waals surface area contributed by atoms with Gasteiger partial charge in [-0.1, -0.05) is 147 Å². The fraction of sp³-hybridized carbons (Fsp3) is 0.838. The Labute approximate surface area is 260 Å². The predicted molar refractivity (Wildman–Crippen MR) is 178 cm³/mol. The Hall–Kier alpha value is -1.62. The number of ether oxygens (including phenoxy) is 2. The van der Waals surface area contributed by atoms with Gasteiger partial charge in [0.1, 0.15) is 6.61 Å². The lowest BCUT2D eigenvalue weighted by molar-refractivity contribution is -0.161. The molecule has 246 valence electrons. The molecular formula is C37H68O5. The highest BCUT2D eigenvalue weighted by Gasteiger charge is 2.16. The lowest BCUT2D eigenvalue weighted by Gasteiger charge is -2.15. The van der Waals surface area contributed by atoms with Crippen LogP contribution in [0.3, 0.4) is 0 Å². The molecule has 0 saturated carbocycles. The molecule has 1 N–H and O–H groups in total. The summed E-state index contributed by atoms with van der Waals surface area (Å²) in [5, 5.41) is 9.51. The molecule has 0 aromatic heterocycles. The van der Waals surface area contributed by atoms with Crippen LogP contribution in [0.4, 0.5) is 0 Å². The molecule has 0 radical (unpaired) electrons. The van der Waals surface area contributed by atoms with Crippen LogP contribution in [-0.2, 0) is 19.1 Å². The number of aliphatic hydroxyl groups excluding tert-OH is 1. The maximum absolute atomic E-state index is 12.1. The van der Waals surface area contributed by atoms with Crippen LogP contribution in [0.1, 0.15) is 181 Å². The summed E-state index contributed by atoms with van der Waals surface area (Å²) in [6.45, 7) is 4.09. The lowest BCUT2D eigenvalue weighted by atomic mass is 10.0. The highest BCUT2D eigenvalue weighted by molar-refractivity contribution is 5.70. The van der Waals surface area contributed by atoms with Crippen molar-refractivity contribution in [2.24, 2.45) is 0 Å². The van der Waals surface area contributed by atoms with Crippen LogP contribution in [0.15, 0.2) is 24.3 Å². The Bertz CT molecular complexity index is 642. The summed E-state index contributed by atoms with van der Waals surface area (Å²) in [6.07, 6.45) is 38.0. The van der Waals surface area contributed by atoms with E-state index < -0.39 is 6.10 Å². The van der Waals surface area contributed by atoms with Crippen LogP contribution in [0, 0.1) is 0 Å². The van der Waals surface area contributed by atoms with E-state index in [1.165, 1.54) is 103 Å². The van der Waals surface area contributed by atoms with Crippen molar-refractivity contribution in [3.8, 4) is 0 Å². The van der Waals surface area contributed by atoms with Crippen LogP contribution >= 0.6 is 0 Å². The molecule has 0 rings (SSSR count). The van der Waals surface area contributed by atoms with E-state index in [9.17, 15) is 14.7 Å². The van der Waals surface area contributed by atoms with Crippen molar-refractivity contribution in [2.75, 3.05) is 13.2 Å². The summed E-state index contributed by atoms with van der Waals surface area (Å²) in [6, 6.07) is 0. The second-order valence-corrected chi connectivity index (χ2v) is 12.0. The molecule has 0 aliphatic rings. The van der Waals surface area contributed by atoms with Crippen molar-refractivity contribution in [2.45, 2.75) is 187 Å². The molecule has 0 heterocycles. The maximum atomic E-state index is 12.1. The minimum atomic E-state index is -0.770. The Morgan fingerprint density at radius 2 is 0.952 bits per heavy atom. The van der Waals surface area contributed by atoms with E-state index in [1.54, 1.807) is 0 Å². The third-order valence-corrected chi connectivity index (χ3v) is 7.75. The standard InChI is InChI=1S/C37H68O5/c1-3-5-7-9-11-13-15-17-18-20-21-23-25-27-29-31-36(39)41-34-35(33-38)42-37(40)32-30-28-26-24-22-19-16-14-12-10-8-6-4-2/h11,13,17-18,35,38H,3-10,12,14-16,19-34H2,1-2H3. The van der Waals surface area contributed by atoms with Gasteiger partial charge in [-0.2, -0.15) is 0 Å². The van der Waals surface area contributed by atoms with Crippen LogP contribution in [0.5, 0.6) is 0 Å². The van der Waals surface area contributed by atoms with E-state index in [0.29, 0.717) is 12.8 Å². The zero-order chi connectivity index (χ0) is 30.8. The second-order valence-electron chi connectivity index (χ2n) is 12.0. The fourth-order valence-corrected chi connectivity index (χ4v) is 4.99. The first-order valence-corrected chi connectivity index (χ1v) is 17.9. The summed E-state index contributed by atoms with van der Waals surface area (Å²) < 4.78 is 10.6. The van der Waals surface area contributed by atoms with Crippen LogP contribution < -0.4 is 0 Å². The third-order valence-electron chi connectivity index (χ3n) is 7.75. The van der Waals surface area contributed by atoms with Crippen molar-refractivity contribution in [1.29, 1.82) is 0 Å². The number of allylic oxidation sites excluding steroid dienone is 4. The second kappa shape index (κ2) is 33.9. The molecule has 0 aliphatic heterocycles. The summed E-state index contributed by atoms with van der Waals surface area (Å²) in [5.74, 6) is -0.603. The molecule has 42 heavy (non-hydrogen) atoms. The highest BCUT2D eigenvalue weighted by atomic mass is 16.6. The van der Waals surface area contributed by atoms with Gasteiger partial charge < -0.3 is 14.6 Å². The largest absolute Gasteiger partial charge is 0.462 e. The molecule has 1 atom stereocenters. The van der Waals surface area contributed by atoms with Gasteiger partial charge in [-0.25, -0.2) is 0 Å². The van der Waals surface area contributed by atoms with Crippen molar-refractivity contribution in [3.63, 3.8) is 0 Å². The average molecular weight is 593 g/mol. The molecule has 0 bridgehead atoms. The molecule has 5 nitrogen and oxygen atoms in total. The number of esters is 2. The summed E-state index contributed by atoms with van der Waals surface area (Å²) in [7, 11) is 0. The van der Waals surface area contributed by atoms with E-state index in [0.717, 1.165) is 51.4 Å². The highest BCUT2D eigenvalue weighted by Crippen LogP contribution is 2.14. The molecule has 0 amide bonds. The maximum Gasteiger partial charge on any atom is 0.306 e. The molecule has 0 saturated heterocycles. The molecule has 0 aromatic rings. The molecule has 0 spiro atoms. The van der Waals surface area contributed by atoms with E-state index >= 15 is 0 Å². The van der Waals surface area contributed by atoms with Gasteiger partial charge in [0.2, 0.25) is 0 Å². The zero-order valence-electron chi connectivity index (χ0n) is 27.8. The summed E-state index contributed by atoms with van der Waals surface area (Å²) >= 11 is 0. The minimum absolute atomic E-state index is 0.0695. The first kappa shape index (κ1) is 40.4. The number of carbonyl (C=O) groups is 2. The van der Waals surface area contributed by atoms with Crippen molar-refractivity contribution >= 4 is 11.9 Å². The van der Waals surface area contributed by atoms with Gasteiger partial charge in [0.05, 0.1) is 6.61 Å². The van der Waals surface area contributed by atoms with E-state index in [1.807, 2.05) is 0 Å². The number of unbranched alkanes of at least 4 members (excludes halogenated alkanes) is 20. The number of hydrogen-bond donors (Lipinski definition) is 1. The third kappa shape index (κ3) is 31.3. The molecule has 5 heteroatoms. The van der Waals surface area contributed by atoms with Crippen molar-refractivity contribution < 1.29 is 24.2 Å². The number of carbonyl (C=O) groups excluding carboxylic acids is 2. The molecule has 0 aromatic carbocycles. The molecule has 1 unspecified atom stereocenters. The van der Waals surface area contributed by atoms with Gasteiger partial charge in [-0.3, -0.25) is 9.59 Å². The van der Waals surface area contributed by atoms with Crippen molar-refractivity contribution in [1.82, 2.24) is 0 Å². The predicted octanol–water partition coefficient (Wildman–Crippen LogP) is 10.7. The van der Waals surface area contributed by atoms with E-state index in [-0.39, 0.29) is 25.2 Å². The summed E-state index contributed by atoms with van der Waals surface area (Å²) in [4.78, 5) is 24.1. The normalized spacial score (nSPS) is 12.4.